The number of benzene rings is 2. The molecule has 1 saturated heterocycles. The van der Waals surface area contributed by atoms with Gasteiger partial charge in [0.1, 0.15) is 11.4 Å². The Kier molecular flexibility index (Phi) is 11.6. The lowest BCUT2D eigenvalue weighted by Crippen LogP contribution is -2.35. The van der Waals surface area contributed by atoms with Crippen LogP contribution in [0.3, 0.4) is 0 Å². The number of hydrogen-bond acceptors (Lipinski definition) is 10. The van der Waals surface area contributed by atoms with Crippen LogP contribution in [-0.4, -0.2) is 64.3 Å². The van der Waals surface area contributed by atoms with Crippen LogP contribution in [0.5, 0.6) is 11.8 Å². The number of aliphatic hydroxyl groups excluding tert-OH is 1. The molecule has 1 amide bonds. The van der Waals surface area contributed by atoms with E-state index in [2.05, 4.69) is 32.5 Å². The van der Waals surface area contributed by atoms with Crippen molar-refractivity contribution in [2.24, 2.45) is 0 Å². The van der Waals surface area contributed by atoms with Gasteiger partial charge in [0.15, 0.2) is 0 Å². The predicted octanol–water partition coefficient (Wildman–Crippen LogP) is 5.90. The van der Waals surface area contributed by atoms with E-state index < -0.39 is 0 Å². The van der Waals surface area contributed by atoms with Crippen molar-refractivity contribution in [1.82, 2.24) is 35.9 Å². The molecule has 0 bridgehead atoms. The molecule has 1 atom stereocenters. The van der Waals surface area contributed by atoms with E-state index in [1.54, 1.807) is 26.6 Å². The minimum atomic E-state index is 0.0802. The molecule has 0 unspecified atom stereocenters. The quantitative estimate of drug-likeness (QED) is 0.0887. The number of amides is 1. The van der Waals surface area contributed by atoms with Gasteiger partial charge in [0.25, 0.3) is 0 Å². The van der Waals surface area contributed by atoms with Crippen LogP contribution in [-0.2, 0) is 17.9 Å². The Morgan fingerprint density at radius 3 is 1.94 bits per heavy atom. The molecule has 4 N–H and O–H groups in total. The van der Waals surface area contributed by atoms with Gasteiger partial charge in [-0.1, -0.05) is 66.2 Å². The van der Waals surface area contributed by atoms with Crippen LogP contribution in [0.4, 0.5) is 0 Å². The molecule has 3 heterocycles. The largest absolute Gasteiger partial charge is 0.513 e. The lowest BCUT2D eigenvalue weighted by atomic mass is 9.98. The van der Waals surface area contributed by atoms with E-state index in [1.807, 2.05) is 36.4 Å². The topological polar surface area (TPSA) is 143 Å². The van der Waals surface area contributed by atoms with Crippen LogP contribution in [0.2, 0.25) is 10.0 Å². The third-order valence-electron chi connectivity index (χ3n) is 7.73. The van der Waals surface area contributed by atoms with Gasteiger partial charge in [0, 0.05) is 60.8 Å². The number of aliphatic hydroxyl groups is 1. The summed E-state index contributed by atoms with van der Waals surface area (Å²) in [7, 11) is 3.10. The predicted molar refractivity (Wildman–Crippen MR) is 183 cm³/mol. The first-order chi connectivity index (χ1) is 22.8. The SMILES string of the molecule is C=C(O)CCCNCc1ncc(-c2cccc(-c3cccc(-c4cnc(CNC[C@@H]5CCC(=O)N5)c(OC)n4)c3Cl)c2Cl)nc1OC. The number of nitrogens with zero attached hydrogens (tertiary/aromatic N) is 4. The molecule has 5 rings (SSSR count). The lowest BCUT2D eigenvalue weighted by molar-refractivity contribution is -0.119. The third kappa shape index (κ3) is 8.36. The molecule has 11 nitrogen and oxygen atoms in total. The first kappa shape index (κ1) is 34.1. The molecule has 0 saturated carbocycles. The maximum Gasteiger partial charge on any atom is 0.237 e. The molecule has 2 aromatic carbocycles. The minimum absolute atomic E-state index is 0.0802. The molecule has 1 fully saturated rings. The second kappa shape index (κ2) is 16.0. The van der Waals surface area contributed by atoms with Crippen molar-refractivity contribution >= 4 is 29.1 Å². The van der Waals surface area contributed by atoms with Crippen LogP contribution in [0, 0.1) is 0 Å². The fourth-order valence-electron chi connectivity index (χ4n) is 5.32. The van der Waals surface area contributed by atoms with Crippen LogP contribution < -0.4 is 25.4 Å². The second-order valence-electron chi connectivity index (χ2n) is 11.0. The van der Waals surface area contributed by atoms with E-state index in [4.69, 9.17) is 42.6 Å². The van der Waals surface area contributed by atoms with Gasteiger partial charge < -0.3 is 30.5 Å². The van der Waals surface area contributed by atoms with Crippen LogP contribution >= 0.6 is 23.2 Å². The Morgan fingerprint density at radius 2 is 1.45 bits per heavy atom. The Morgan fingerprint density at radius 1 is 0.915 bits per heavy atom. The molecule has 0 aliphatic carbocycles. The number of hydrogen-bond donors (Lipinski definition) is 4. The summed E-state index contributed by atoms with van der Waals surface area (Å²) in [6.07, 6.45) is 5.99. The number of nitrogens with one attached hydrogen (secondary N) is 3. The third-order valence-corrected chi connectivity index (χ3v) is 8.54. The number of halogens is 2. The molecule has 2 aromatic heterocycles. The Hall–Kier alpha value is -4.29. The number of carbonyl (C=O) groups is 1. The fraction of sp³-hybridized carbons (Fsp3) is 0.324. The van der Waals surface area contributed by atoms with Crippen LogP contribution in [0.1, 0.15) is 37.1 Å². The van der Waals surface area contributed by atoms with Crippen LogP contribution in [0.25, 0.3) is 33.6 Å². The summed E-state index contributed by atoms with van der Waals surface area (Å²) in [5, 5.41) is 19.7. The fourth-order valence-corrected chi connectivity index (χ4v) is 5.97. The standard InChI is InChI=1S/C34H37Cl2N7O4/c1-20(44)7-6-14-37-16-28-33(46-2)42-26(18-39-28)24-10-4-8-22(31(24)35)23-9-5-11-25(32(23)36)27-19-40-29(34(43-27)47-3)17-38-15-21-12-13-30(45)41-21/h4-5,8-11,18-19,21,37-38,44H,1,6-7,12-17H2,2-3H3,(H,41,45)/t21-/m0/s1. The van der Waals surface area contributed by atoms with Crippen molar-refractivity contribution in [2.75, 3.05) is 27.3 Å². The number of carbonyl (C=O) groups excluding carboxylic acids is 1. The zero-order valence-corrected chi connectivity index (χ0v) is 27.8. The number of methoxy groups -OCH3 is 2. The monoisotopic (exact) mass is 677 g/mol. The van der Waals surface area contributed by atoms with Gasteiger partial charge in [-0.3, -0.25) is 14.8 Å². The molecule has 1 aliphatic heterocycles. The van der Waals surface area contributed by atoms with Crippen LogP contribution in [0.15, 0.2) is 61.1 Å². The van der Waals surface area contributed by atoms with Crippen molar-refractivity contribution in [2.45, 2.75) is 44.8 Å². The van der Waals surface area contributed by atoms with E-state index in [-0.39, 0.29) is 17.7 Å². The van der Waals surface area contributed by atoms with Gasteiger partial charge in [-0.2, -0.15) is 0 Å². The summed E-state index contributed by atoms with van der Waals surface area (Å²) in [5.74, 6) is 1.02. The average molecular weight is 679 g/mol. The highest BCUT2D eigenvalue weighted by molar-refractivity contribution is 6.39. The van der Waals surface area contributed by atoms with E-state index in [1.165, 1.54) is 0 Å². The van der Waals surface area contributed by atoms with E-state index in [9.17, 15) is 9.90 Å². The second-order valence-corrected chi connectivity index (χ2v) is 11.8. The summed E-state index contributed by atoms with van der Waals surface area (Å²) in [6.45, 7) is 5.71. The van der Waals surface area contributed by atoms with Crippen molar-refractivity contribution in [3.8, 4) is 45.4 Å². The van der Waals surface area contributed by atoms with Crippen molar-refractivity contribution in [3.63, 3.8) is 0 Å². The number of rotatable bonds is 15. The first-order valence-corrected chi connectivity index (χ1v) is 16.0. The van der Waals surface area contributed by atoms with Crippen molar-refractivity contribution in [3.05, 3.63) is 82.6 Å². The maximum atomic E-state index is 11.5. The average Bonchev–Trinajstić information content (AvgIpc) is 3.49. The zero-order valence-electron chi connectivity index (χ0n) is 26.3. The normalized spacial score (nSPS) is 14.2. The highest BCUT2D eigenvalue weighted by atomic mass is 35.5. The highest BCUT2D eigenvalue weighted by Gasteiger charge is 2.21. The molecule has 4 aromatic rings. The lowest BCUT2D eigenvalue weighted by Gasteiger charge is -2.15. The summed E-state index contributed by atoms with van der Waals surface area (Å²) in [6, 6.07) is 11.4. The number of aromatic nitrogens is 4. The minimum Gasteiger partial charge on any atom is -0.513 e. The smallest absolute Gasteiger partial charge is 0.237 e. The molecule has 246 valence electrons. The molecule has 0 radical (unpaired) electrons. The van der Waals surface area contributed by atoms with Gasteiger partial charge >= 0.3 is 0 Å². The number of ether oxygens (including phenoxy) is 2. The van der Waals surface area contributed by atoms with Crippen molar-refractivity contribution < 1.29 is 19.4 Å². The van der Waals surface area contributed by atoms with Crippen molar-refractivity contribution in [1.29, 1.82) is 0 Å². The number of allylic oxidation sites excluding steroid dienone is 1. The molecule has 13 heteroatoms. The highest BCUT2D eigenvalue weighted by Crippen LogP contribution is 2.42. The summed E-state index contributed by atoms with van der Waals surface area (Å²) in [4.78, 5) is 30.1. The Bertz CT molecular complexity index is 1750. The Balaban J connectivity index is 1.35. The van der Waals surface area contributed by atoms with E-state index in [0.29, 0.717) is 106 Å². The van der Waals surface area contributed by atoms with Gasteiger partial charge in [-0.15, -0.1) is 0 Å². The summed E-state index contributed by atoms with van der Waals surface area (Å²) < 4.78 is 11.1. The van der Waals surface area contributed by atoms with Gasteiger partial charge in [0.2, 0.25) is 17.7 Å². The maximum absolute atomic E-state index is 11.5. The first-order valence-electron chi connectivity index (χ1n) is 15.2. The summed E-state index contributed by atoms with van der Waals surface area (Å²) >= 11 is 14.0. The molecule has 1 aliphatic rings. The molecule has 0 spiro atoms. The van der Waals surface area contributed by atoms with E-state index >= 15 is 0 Å². The van der Waals surface area contributed by atoms with Gasteiger partial charge in [-0.05, 0) is 19.4 Å². The Labute approximate surface area is 283 Å². The molecular formula is C34H37Cl2N7O4. The van der Waals surface area contributed by atoms with Gasteiger partial charge in [-0.25, -0.2) is 9.97 Å². The van der Waals surface area contributed by atoms with Gasteiger partial charge in [0.05, 0.1) is 53.8 Å². The zero-order chi connectivity index (χ0) is 33.3. The summed E-state index contributed by atoms with van der Waals surface area (Å²) in [5.41, 5.74) is 5.18. The molecule has 47 heavy (non-hydrogen) atoms. The molecular weight excluding hydrogens is 641 g/mol. The van der Waals surface area contributed by atoms with E-state index in [0.717, 1.165) is 12.8 Å².